The second kappa shape index (κ2) is 6.12. The van der Waals surface area contributed by atoms with E-state index in [4.69, 9.17) is 0 Å². The van der Waals surface area contributed by atoms with Gasteiger partial charge in [-0.05, 0) is 25.8 Å². The molecular weight excluding hydrogens is 242 g/mol. The summed E-state index contributed by atoms with van der Waals surface area (Å²) in [5, 5.41) is 14.0. The predicted molar refractivity (Wildman–Crippen MR) is 75.3 cm³/mol. The van der Waals surface area contributed by atoms with Gasteiger partial charge in [-0.25, -0.2) is 0 Å². The quantitative estimate of drug-likeness (QED) is 0.665. The van der Waals surface area contributed by atoms with Gasteiger partial charge in [-0.3, -0.25) is 15.0 Å². The van der Waals surface area contributed by atoms with Crippen LogP contribution >= 0.6 is 0 Å². The molecule has 0 aliphatic carbocycles. The molecule has 0 amide bonds. The Bertz CT molecular complexity index is 423. The van der Waals surface area contributed by atoms with E-state index >= 15 is 0 Å². The van der Waals surface area contributed by atoms with Crippen molar-refractivity contribution >= 4 is 5.69 Å². The Morgan fingerprint density at radius 3 is 2.37 bits per heavy atom. The Hall–Kier alpha value is -1.46. The molecule has 1 N–H and O–H groups in total. The van der Waals surface area contributed by atoms with Crippen molar-refractivity contribution in [3.8, 4) is 0 Å². The summed E-state index contributed by atoms with van der Waals surface area (Å²) < 4.78 is 0. The maximum atomic E-state index is 10.6. The lowest BCUT2D eigenvalue weighted by atomic mass is 10.1. The summed E-state index contributed by atoms with van der Waals surface area (Å²) in [7, 11) is 0. The van der Waals surface area contributed by atoms with Gasteiger partial charge in [0.1, 0.15) is 0 Å². The van der Waals surface area contributed by atoms with Crippen molar-refractivity contribution in [1.29, 1.82) is 0 Å². The molecule has 2 atom stereocenters. The third-order valence-electron chi connectivity index (χ3n) is 3.82. The summed E-state index contributed by atoms with van der Waals surface area (Å²) in [6, 6.07) is 7.97. The van der Waals surface area contributed by atoms with Crippen LogP contribution in [0.1, 0.15) is 19.4 Å². The van der Waals surface area contributed by atoms with E-state index in [0.29, 0.717) is 12.1 Å². The summed E-state index contributed by atoms with van der Waals surface area (Å²) in [4.78, 5) is 12.7. The van der Waals surface area contributed by atoms with E-state index in [9.17, 15) is 10.1 Å². The molecule has 19 heavy (non-hydrogen) atoms. The van der Waals surface area contributed by atoms with E-state index in [1.165, 1.54) is 0 Å². The van der Waals surface area contributed by atoms with Gasteiger partial charge in [0.15, 0.2) is 0 Å². The monoisotopic (exact) mass is 263 g/mol. The first-order valence-electron chi connectivity index (χ1n) is 6.77. The molecule has 1 saturated heterocycles. The minimum absolute atomic E-state index is 0.160. The molecular formula is C14H21N3O2. The molecule has 0 radical (unpaired) electrons. The number of nitrogens with zero attached hydrogens (tertiary/aromatic N) is 2. The number of nitro benzene ring substituents is 1. The van der Waals surface area contributed by atoms with Crippen molar-refractivity contribution in [2.24, 2.45) is 0 Å². The SMILES string of the molecule is CC1CNCC(C)N1CCc1ccc([N+](=O)[O-])cc1. The maximum Gasteiger partial charge on any atom is 0.269 e. The smallest absolute Gasteiger partial charge is 0.269 e. The lowest BCUT2D eigenvalue weighted by molar-refractivity contribution is -0.384. The van der Waals surface area contributed by atoms with Crippen LogP contribution in [0, 0.1) is 10.1 Å². The van der Waals surface area contributed by atoms with E-state index in [0.717, 1.165) is 31.6 Å². The zero-order chi connectivity index (χ0) is 13.8. The standard InChI is InChI=1S/C14H21N3O2/c1-11-9-15-10-12(2)16(11)8-7-13-3-5-14(6-4-13)17(18)19/h3-6,11-12,15H,7-10H2,1-2H3. The Morgan fingerprint density at radius 2 is 1.84 bits per heavy atom. The summed E-state index contributed by atoms with van der Waals surface area (Å²) in [6.45, 7) is 7.54. The van der Waals surface area contributed by atoms with Gasteiger partial charge in [0.05, 0.1) is 4.92 Å². The van der Waals surface area contributed by atoms with Gasteiger partial charge in [0.2, 0.25) is 0 Å². The second-order valence-electron chi connectivity index (χ2n) is 5.27. The van der Waals surface area contributed by atoms with Gasteiger partial charge in [-0.1, -0.05) is 12.1 Å². The Labute approximate surface area is 113 Å². The average Bonchev–Trinajstić information content (AvgIpc) is 2.38. The van der Waals surface area contributed by atoms with E-state index < -0.39 is 0 Å². The van der Waals surface area contributed by atoms with Crippen molar-refractivity contribution in [1.82, 2.24) is 10.2 Å². The molecule has 0 bridgehead atoms. The highest BCUT2D eigenvalue weighted by Crippen LogP contribution is 2.15. The molecule has 5 nitrogen and oxygen atoms in total. The summed E-state index contributed by atoms with van der Waals surface area (Å²) in [6.07, 6.45) is 0.937. The fourth-order valence-corrected chi connectivity index (χ4v) is 2.65. The summed E-state index contributed by atoms with van der Waals surface area (Å²) >= 11 is 0. The molecule has 1 aliphatic rings. The Balaban J connectivity index is 1.92. The van der Waals surface area contributed by atoms with Gasteiger partial charge >= 0.3 is 0 Å². The van der Waals surface area contributed by atoms with Crippen LogP contribution in [0.4, 0.5) is 5.69 Å². The fraction of sp³-hybridized carbons (Fsp3) is 0.571. The van der Waals surface area contributed by atoms with Crippen LogP contribution in [0.25, 0.3) is 0 Å². The highest BCUT2D eigenvalue weighted by Gasteiger charge is 2.23. The summed E-state index contributed by atoms with van der Waals surface area (Å²) in [5.41, 5.74) is 1.32. The molecule has 0 saturated carbocycles. The first kappa shape index (κ1) is 14.0. The first-order valence-corrected chi connectivity index (χ1v) is 6.77. The van der Waals surface area contributed by atoms with Crippen molar-refractivity contribution in [2.45, 2.75) is 32.4 Å². The van der Waals surface area contributed by atoms with Crippen LogP contribution in [0.5, 0.6) is 0 Å². The molecule has 0 spiro atoms. The van der Waals surface area contributed by atoms with Gasteiger partial charge < -0.3 is 5.32 Å². The van der Waals surface area contributed by atoms with Crippen molar-refractivity contribution < 1.29 is 4.92 Å². The number of nitrogens with one attached hydrogen (secondary N) is 1. The third-order valence-corrected chi connectivity index (χ3v) is 3.82. The second-order valence-corrected chi connectivity index (χ2v) is 5.27. The number of piperazine rings is 1. The Kier molecular flexibility index (Phi) is 4.50. The van der Waals surface area contributed by atoms with Crippen molar-refractivity contribution in [3.63, 3.8) is 0 Å². The van der Waals surface area contributed by atoms with Gasteiger partial charge in [0, 0.05) is 43.9 Å². The molecule has 0 aromatic heterocycles. The van der Waals surface area contributed by atoms with Gasteiger partial charge in [-0.2, -0.15) is 0 Å². The van der Waals surface area contributed by atoms with Gasteiger partial charge in [-0.15, -0.1) is 0 Å². The lowest BCUT2D eigenvalue weighted by Gasteiger charge is -2.39. The molecule has 1 aromatic rings. The molecule has 5 heteroatoms. The molecule has 2 unspecified atom stereocenters. The van der Waals surface area contributed by atoms with E-state index in [1.807, 2.05) is 12.1 Å². The number of hydrogen-bond donors (Lipinski definition) is 1. The van der Waals surface area contributed by atoms with Crippen LogP contribution in [-0.2, 0) is 6.42 Å². The lowest BCUT2D eigenvalue weighted by Crippen LogP contribution is -2.55. The highest BCUT2D eigenvalue weighted by molar-refractivity contribution is 5.32. The molecule has 1 aromatic carbocycles. The zero-order valence-corrected chi connectivity index (χ0v) is 11.5. The highest BCUT2D eigenvalue weighted by atomic mass is 16.6. The molecule has 1 fully saturated rings. The van der Waals surface area contributed by atoms with Crippen LogP contribution in [0.3, 0.4) is 0 Å². The first-order chi connectivity index (χ1) is 9.08. The minimum Gasteiger partial charge on any atom is -0.314 e. The summed E-state index contributed by atoms with van der Waals surface area (Å²) in [5.74, 6) is 0. The van der Waals surface area contributed by atoms with Crippen LogP contribution in [-0.4, -0.2) is 41.5 Å². The number of rotatable bonds is 4. The Morgan fingerprint density at radius 1 is 1.26 bits per heavy atom. The van der Waals surface area contributed by atoms with Crippen LogP contribution < -0.4 is 5.32 Å². The van der Waals surface area contributed by atoms with E-state index in [-0.39, 0.29) is 10.6 Å². The minimum atomic E-state index is -0.357. The topological polar surface area (TPSA) is 58.4 Å². The third kappa shape index (κ3) is 3.52. The van der Waals surface area contributed by atoms with Crippen LogP contribution in [0.2, 0.25) is 0 Å². The van der Waals surface area contributed by atoms with Crippen molar-refractivity contribution in [2.75, 3.05) is 19.6 Å². The molecule has 1 aliphatic heterocycles. The molecule has 1 heterocycles. The number of benzene rings is 1. The van der Waals surface area contributed by atoms with Crippen LogP contribution in [0.15, 0.2) is 24.3 Å². The zero-order valence-electron chi connectivity index (χ0n) is 11.5. The molecule has 104 valence electrons. The normalized spacial score (nSPS) is 24.3. The van der Waals surface area contributed by atoms with Crippen molar-refractivity contribution in [3.05, 3.63) is 39.9 Å². The molecule has 2 rings (SSSR count). The fourth-order valence-electron chi connectivity index (χ4n) is 2.65. The maximum absolute atomic E-state index is 10.6. The predicted octanol–water partition coefficient (Wildman–Crippen LogP) is 1.82. The van der Waals surface area contributed by atoms with E-state index in [1.54, 1.807) is 12.1 Å². The van der Waals surface area contributed by atoms with Gasteiger partial charge in [0.25, 0.3) is 5.69 Å². The number of nitro groups is 1. The largest absolute Gasteiger partial charge is 0.314 e. The number of hydrogen-bond acceptors (Lipinski definition) is 4. The van der Waals surface area contributed by atoms with E-state index in [2.05, 4.69) is 24.1 Å². The number of non-ortho nitro benzene ring substituents is 1. The average molecular weight is 263 g/mol.